The van der Waals surface area contributed by atoms with Crippen LogP contribution in [-0.4, -0.2) is 12.5 Å². The molecule has 3 nitrogen and oxygen atoms in total. The van der Waals surface area contributed by atoms with E-state index in [2.05, 4.69) is 49.5 Å². The number of hydrogen-bond acceptors (Lipinski definition) is 2. The van der Waals surface area contributed by atoms with Gasteiger partial charge in [0, 0.05) is 12.0 Å². The van der Waals surface area contributed by atoms with Crippen molar-refractivity contribution in [2.75, 3.05) is 6.54 Å². The normalized spacial score (nSPS) is 11.1. The predicted octanol–water partition coefficient (Wildman–Crippen LogP) is 3.15. The Balaban J connectivity index is 2.18. The third-order valence-corrected chi connectivity index (χ3v) is 3.50. The Labute approximate surface area is 119 Å². The summed E-state index contributed by atoms with van der Waals surface area (Å²) in [6, 6.07) is 16.4. The van der Waals surface area contributed by atoms with Crippen LogP contribution in [0.15, 0.2) is 42.5 Å². The zero-order valence-electron chi connectivity index (χ0n) is 11.8. The molecule has 20 heavy (non-hydrogen) atoms. The molecule has 0 spiro atoms. The highest BCUT2D eigenvalue weighted by Gasteiger charge is 2.21. The Hall–Kier alpha value is -2.34. The molecule has 0 radical (unpaired) electrons. The van der Waals surface area contributed by atoms with Crippen molar-refractivity contribution in [2.45, 2.75) is 25.7 Å². The quantitative estimate of drug-likeness (QED) is 0.924. The summed E-state index contributed by atoms with van der Waals surface area (Å²) in [5, 5.41) is 13.7. The number of nitriles is 1. The molecule has 3 heteroatoms. The maximum atomic E-state index is 11.4. The number of nitrogens with one attached hydrogen (secondary N) is 1. The number of hydrogen-bond donors (Lipinski definition) is 1. The van der Waals surface area contributed by atoms with Crippen LogP contribution in [-0.2, 0) is 10.2 Å². The van der Waals surface area contributed by atoms with Gasteiger partial charge in [0.25, 0.3) is 0 Å². The van der Waals surface area contributed by atoms with E-state index in [9.17, 15) is 4.79 Å². The first kappa shape index (κ1) is 14.1. The van der Waals surface area contributed by atoms with Gasteiger partial charge < -0.3 is 5.32 Å². The van der Waals surface area contributed by atoms with Crippen LogP contribution in [0.25, 0.3) is 10.8 Å². The number of carbonyl (C=O) groups is 1. The highest BCUT2D eigenvalue weighted by molar-refractivity contribution is 5.83. The minimum Gasteiger partial charge on any atom is -0.354 e. The van der Waals surface area contributed by atoms with Crippen LogP contribution in [0.2, 0.25) is 0 Å². The van der Waals surface area contributed by atoms with Gasteiger partial charge in [-0.2, -0.15) is 5.26 Å². The summed E-state index contributed by atoms with van der Waals surface area (Å²) in [6.07, 6.45) is -0.0895. The van der Waals surface area contributed by atoms with E-state index in [1.807, 2.05) is 18.2 Å². The van der Waals surface area contributed by atoms with E-state index in [1.54, 1.807) is 0 Å². The van der Waals surface area contributed by atoms with Crippen molar-refractivity contribution >= 4 is 16.7 Å². The Morgan fingerprint density at radius 1 is 1.20 bits per heavy atom. The molecule has 1 N–H and O–H groups in total. The van der Waals surface area contributed by atoms with Crippen LogP contribution >= 0.6 is 0 Å². The van der Waals surface area contributed by atoms with Crippen LogP contribution in [0.1, 0.15) is 25.8 Å². The zero-order chi connectivity index (χ0) is 14.6. The first-order valence-corrected chi connectivity index (χ1v) is 6.66. The van der Waals surface area contributed by atoms with Crippen LogP contribution in [0.4, 0.5) is 0 Å². The highest BCUT2D eigenvalue weighted by atomic mass is 16.1. The zero-order valence-corrected chi connectivity index (χ0v) is 11.8. The number of amides is 1. The molecular formula is C17H18N2O. The number of nitrogens with zero attached hydrogens (tertiary/aromatic N) is 1. The number of carbonyl (C=O) groups excluding carboxylic acids is 1. The molecule has 2 aromatic rings. The second kappa shape index (κ2) is 5.75. The summed E-state index contributed by atoms with van der Waals surface area (Å²) in [4.78, 5) is 11.4. The van der Waals surface area contributed by atoms with Crippen LogP contribution < -0.4 is 5.32 Å². The third kappa shape index (κ3) is 3.16. The van der Waals surface area contributed by atoms with E-state index in [-0.39, 0.29) is 17.7 Å². The molecule has 0 saturated carbocycles. The van der Waals surface area contributed by atoms with Crippen LogP contribution in [0.3, 0.4) is 0 Å². The van der Waals surface area contributed by atoms with Gasteiger partial charge >= 0.3 is 0 Å². The van der Waals surface area contributed by atoms with Crippen LogP contribution in [0.5, 0.6) is 0 Å². The molecule has 0 aliphatic carbocycles. The lowest BCUT2D eigenvalue weighted by Crippen LogP contribution is -2.36. The average Bonchev–Trinajstić information content (AvgIpc) is 2.45. The molecule has 0 aliphatic rings. The number of benzene rings is 2. The van der Waals surface area contributed by atoms with Gasteiger partial charge in [0.1, 0.15) is 6.42 Å². The first-order valence-electron chi connectivity index (χ1n) is 6.66. The van der Waals surface area contributed by atoms with Crippen molar-refractivity contribution in [2.24, 2.45) is 0 Å². The Bertz CT molecular complexity index is 668. The topological polar surface area (TPSA) is 52.9 Å². The molecule has 2 aromatic carbocycles. The van der Waals surface area contributed by atoms with Gasteiger partial charge in [-0.1, -0.05) is 56.3 Å². The molecule has 2 rings (SSSR count). The van der Waals surface area contributed by atoms with Gasteiger partial charge in [0.15, 0.2) is 0 Å². The lowest BCUT2D eigenvalue weighted by Gasteiger charge is -2.26. The molecule has 1 amide bonds. The van der Waals surface area contributed by atoms with Crippen molar-refractivity contribution in [1.29, 1.82) is 5.26 Å². The number of fused-ring (bicyclic) bond motifs is 1. The maximum Gasteiger partial charge on any atom is 0.234 e. The predicted molar refractivity (Wildman–Crippen MR) is 80.2 cm³/mol. The molecule has 0 unspecified atom stereocenters. The minimum atomic E-state index is -0.221. The highest BCUT2D eigenvalue weighted by Crippen LogP contribution is 2.26. The van der Waals surface area contributed by atoms with Crippen molar-refractivity contribution in [3.05, 3.63) is 48.0 Å². The van der Waals surface area contributed by atoms with Gasteiger partial charge in [0.2, 0.25) is 5.91 Å². The molecule has 0 aliphatic heterocycles. The summed E-state index contributed by atoms with van der Waals surface area (Å²) >= 11 is 0. The molecule has 0 atom stereocenters. The third-order valence-electron chi connectivity index (χ3n) is 3.50. The van der Waals surface area contributed by atoms with Gasteiger partial charge in [0.05, 0.1) is 6.07 Å². The van der Waals surface area contributed by atoms with E-state index in [4.69, 9.17) is 5.26 Å². The standard InChI is InChI=1S/C17H18N2O/c1-17(2,12-19-16(20)9-10-18)15-8-7-13-5-3-4-6-14(13)11-15/h3-8,11H,9,12H2,1-2H3,(H,19,20). The summed E-state index contributed by atoms with van der Waals surface area (Å²) in [6.45, 7) is 4.69. The Morgan fingerprint density at radius 2 is 1.90 bits per heavy atom. The van der Waals surface area contributed by atoms with Gasteiger partial charge in [-0.15, -0.1) is 0 Å². The lowest BCUT2D eigenvalue weighted by atomic mass is 9.83. The smallest absolute Gasteiger partial charge is 0.234 e. The second-order valence-electron chi connectivity index (χ2n) is 5.56. The second-order valence-corrected chi connectivity index (χ2v) is 5.56. The SMILES string of the molecule is CC(C)(CNC(=O)CC#N)c1ccc2ccccc2c1. The fourth-order valence-electron chi connectivity index (χ4n) is 2.17. The molecule has 0 aromatic heterocycles. The van der Waals surface area contributed by atoms with Gasteiger partial charge in [-0.25, -0.2) is 0 Å². The molecule has 0 saturated heterocycles. The Kier molecular flexibility index (Phi) is 4.05. The lowest BCUT2D eigenvalue weighted by molar-refractivity contribution is -0.120. The summed E-state index contributed by atoms with van der Waals surface area (Å²) in [7, 11) is 0. The first-order chi connectivity index (χ1) is 9.53. The molecule has 0 fully saturated rings. The van der Waals surface area contributed by atoms with E-state index < -0.39 is 0 Å². The summed E-state index contributed by atoms with van der Waals surface area (Å²) in [5.74, 6) is -0.221. The number of rotatable bonds is 4. The van der Waals surface area contributed by atoms with Crippen LogP contribution in [0, 0.1) is 11.3 Å². The molecule has 0 bridgehead atoms. The van der Waals surface area contributed by atoms with E-state index in [0.29, 0.717) is 6.54 Å². The van der Waals surface area contributed by atoms with Crippen molar-refractivity contribution in [3.8, 4) is 6.07 Å². The van der Waals surface area contributed by atoms with Gasteiger partial charge in [-0.05, 0) is 16.3 Å². The van der Waals surface area contributed by atoms with Crippen molar-refractivity contribution < 1.29 is 4.79 Å². The molecule has 0 heterocycles. The van der Waals surface area contributed by atoms with E-state index in [0.717, 1.165) is 0 Å². The fraction of sp³-hybridized carbons (Fsp3) is 0.294. The monoisotopic (exact) mass is 266 g/mol. The maximum absolute atomic E-state index is 11.4. The summed E-state index contributed by atoms with van der Waals surface area (Å²) < 4.78 is 0. The van der Waals surface area contributed by atoms with E-state index >= 15 is 0 Å². The molecule has 102 valence electrons. The van der Waals surface area contributed by atoms with Gasteiger partial charge in [-0.3, -0.25) is 4.79 Å². The average molecular weight is 266 g/mol. The minimum absolute atomic E-state index is 0.0895. The largest absolute Gasteiger partial charge is 0.354 e. The van der Waals surface area contributed by atoms with Crippen molar-refractivity contribution in [1.82, 2.24) is 5.32 Å². The Morgan fingerprint density at radius 3 is 2.60 bits per heavy atom. The van der Waals surface area contributed by atoms with E-state index in [1.165, 1.54) is 16.3 Å². The summed E-state index contributed by atoms with van der Waals surface area (Å²) in [5.41, 5.74) is 1.00. The molecular weight excluding hydrogens is 248 g/mol. The fourth-order valence-corrected chi connectivity index (χ4v) is 2.17. The van der Waals surface area contributed by atoms with Crippen molar-refractivity contribution in [3.63, 3.8) is 0 Å².